The number of piperazine rings is 1. The van der Waals surface area contributed by atoms with Crippen molar-refractivity contribution in [3.63, 3.8) is 0 Å². The number of anilines is 2. The van der Waals surface area contributed by atoms with Crippen molar-refractivity contribution < 1.29 is 9.18 Å². The van der Waals surface area contributed by atoms with Crippen molar-refractivity contribution in [2.75, 3.05) is 29.9 Å². The van der Waals surface area contributed by atoms with Gasteiger partial charge in [0.25, 0.3) is 0 Å². The van der Waals surface area contributed by atoms with Crippen LogP contribution in [-0.4, -0.2) is 46.8 Å². The molecule has 1 saturated heterocycles. The summed E-state index contributed by atoms with van der Waals surface area (Å²) < 4.78 is 13.4. The van der Waals surface area contributed by atoms with Crippen LogP contribution in [0.1, 0.15) is 12.5 Å². The summed E-state index contributed by atoms with van der Waals surface area (Å²) >= 11 is 5.83. The van der Waals surface area contributed by atoms with Gasteiger partial charge >= 0.3 is 6.03 Å². The average molecular weight is 537 g/mol. The molecule has 1 aliphatic heterocycles. The van der Waals surface area contributed by atoms with E-state index >= 15 is 0 Å². The Morgan fingerprint density at radius 2 is 1.81 bits per heavy atom. The van der Waals surface area contributed by atoms with E-state index in [0.29, 0.717) is 30.9 Å². The Bertz CT molecular complexity index is 1490. The van der Waals surface area contributed by atoms with E-state index in [0.717, 1.165) is 27.8 Å². The summed E-state index contributed by atoms with van der Waals surface area (Å²) in [7, 11) is 0. The maximum absolute atomic E-state index is 13.4. The summed E-state index contributed by atoms with van der Waals surface area (Å²) in [5.74, 6) is 0.233. The average Bonchev–Trinajstić information content (AvgIpc) is 2.90. The van der Waals surface area contributed by atoms with Crippen molar-refractivity contribution in [2.45, 2.75) is 13.0 Å². The molecule has 1 N–H and O–H groups in total. The Labute approximate surface area is 224 Å². The molecule has 1 fully saturated rings. The minimum atomic E-state index is -0.532. The Balaban J connectivity index is 0.00000320. The highest BCUT2D eigenvalue weighted by molar-refractivity contribution is 6.31. The number of amides is 2. The monoisotopic (exact) mass is 536 g/mol. The number of nitrogens with one attached hydrogen (secondary N) is 1. The fourth-order valence-electron chi connectivity index (χ4n) is 4.45. The van der Waals surface area contributed by atoms with Gasteiger partial charge in [-0.05, 0) is 37.3 Å². The van der Waals surface area contributed by atoms with E-state index in [4.69, 9.17) is 16.9 Å². The second kappa shape index (κ2) is 11.0. The van der Waals surface area contributed by atoms with E-state index in [-0.39, 0.29) is 29.5 Å². The molecule has 7 nitrogen and oxygen atoms in total. The van der Waals surface area contributed by atoms with Gasteiger partial charge in [-0.25, -0.2) is 9.18 Å². The largest absolute Gasteiger partial charge is 0.348 e. The van der Waals surface area contributed by atoms with Crippen molar-refractivity contribution >= 4 is 52.3 Å². The molecular weight excluding hydrogens is 514 g/mol. The standard InChI is InChI=1S/C27H22ClFN6O.ClH/c1-17-16-34(27(36)31-20-10-11-24(29)23(28)14-20)12-13-35(17)26-22-5-3-2-4-21(22)25(32-33-26)19-8-6-18(15-30)7-9-19;/h2-11,14,17H,12-13,16H2,1H3,(H,31,36);1H/t17-;/m0./s1. The van der Waals surface area contributed by atoms with Crippen molar-refractivity contribution in [2.24, 2.45) is 0 Å². The highest BCUT2D eigenvalue weighted by atomic mass is 35.5. The van der Waals surface area contributed by atoms with Gasteiger partial charge in [-0.1, -0.05) is 48.0 Å². The van der Waals surface area contributed by atoms with E-state index in [1.54, 1.807) is 17.0 Å². The summed E-state index contributed by atoms with van der Waals surface area (Å²) in [6, 6.07) is 21.2. The van der Waals surface area contributed by atoms with E-state index in [2.05, 4.69) is 26.5 Å². The van der Waals surface area contributed by atoms with Crippen LogP contribution in [0.5, 0.6) is 0 Å². The van der Waals surface area contributed by atoms with Crippen molar-refractivity contribution in [1.29, 1.82) is 5.26 Å². The number of rotatable bonds is 3. The number of carbonyl (C=O) groups is 1. The lowest BCUT2D eigenvalue weighted by atomic mass is 10.0. The van der Waals surface area contributed by atoms with Gasteiger partial charge in [0, 0.05) is 47.7 Å². The van der Waals surface area contributed by atoms with Gasteiger partial charge in [-0.15, -0.1) is 22.6 Å². The van der Waals surface area contributed by atoms with Gasteiger partial charge < -0.3 is 15.1 Å². The summed E-state index contributed by atoms with van der Waals surface area (Å²) in [4.78, 5) is 16.7. The first-order valence-electron chi connectivity index (χ1n) is 11.5. The topological polar surface area (TPSA) is 85.2 Å². The molecule has 0 saturated carbocycles. The molecule has 1 atom stereocenters. The number of hydrogen-bond donors (Lipinski definition) is 1. The fraction of sp³-hybridized carbons (Fsp3) is 0.185. The normalized spacial score (nSPS) is 15.1. The second-order valence-corrected chi connectivity index (χ2v) is 9.06. The zero-order chi connectivity index (χ0) is 25.2. The number of carbonyl (C=O) groups excluding carboxylic acids is 1. The maximum atomic E-state index is 13.4. The minimum Gasteiger partial charge on any atom is -0.348 e. The minimum absolute atomic E-state index is 0. The van der Waals surface area contributed by atoms with Crippen molar-refractivity contribution in [1.82, 2.24) is 15.1 Å². The molecular formula is C27H23Cl2FN6O. The third-order valence-electron chi connectivity index (χ3n) is 6.31. The Morgan fingerprint density at radius 3 is 2.49 bits per heavy atom. The number of fused-ring (bicyclic) bond motifs is 1. The molecule has 0 radical (unpaired) electrons. The van der Waals surface area contributed by atoms with Gasteiger partial charge in [-0.2, -0.15) is 5.26 Å². The quantitative estimate of drug-likeness (QED) is 0.340. The summed E-state index contributed by atoms with van der Waals surface area (Å²) in [5, 5.41) is 22.9. The van der Waals surface area contributed by atoms with Crippen LogP contribution in [0.25, 0.3) is 22.0 Å². The van der Waals surface area contributed by atoms with Crippen LogP contribution >= 0.6 is 24.0 Å². The fourth-order valence-corrected chi connectivity index (χ4v) is 4.63. The predicted molar refractivity (Wildman–Crippen MR) is 146 cm³/mol. The molecule has 5 rings (SSSR count). The predicted octanol–water partition coefficient (Wildman–Crippen LogP) is 6.13. The van der Waals surface area contributed by atoms with E-state index in [1.807, 2.05) is 43.3 Å². The maximum Gasteiger partial charge on any atom is 0.321 e. The summed E-state index contributed by atoms with van der Waals surface area (Å²) in [6.45, 7) is 3.58. The lowest BCUT2D eigenvalue weighted by molar-refractivity contribution is 0.200. The van der Waals surface area contributed by atoms with Crippen LogP contribution < -0.4 is 10.2 Å². The first kappa shape index (κ1) is 26.1. The molecule has 10 heteroatoms. The van der Waals surface area contributed by atoms with Crippen molar-refractivity contribution in [3.8, 4) is 17.3 Å². The zero-order valence-corrected chi connectivity index (χ0v) is 21.4. The van der Waals surface area contributed by atoms with Gasteiger partial charge in [0.05, 0.1) is 16.7 Å². The Morgan fingerprint density at radius 1 is 1.08 bits per heavy atom. The zero-order valence-electron chi connectivity index (χ0n) is 19.9. The second-order valence-electron chi connectivity index (χ2n) is 8.65. The van der Waals surface area contributed by atoms with Gasteiger partial charge in [0.1, 0.15) is 11.5 Å². The van der Waals surface area contributed by atoms with E-state index < -0.39 is 5.82 Å². The number of nitrogens with zero attached hydrogens (tertiary/aromatic N) is 5. The summed E-state index contributed by atoms with van der Waals surface area (Å²) in [5.41, 5.74) is 2.67. The van der Waals surface area contributed by atoms with Crippen LogP contribution in [0, 0.1) is 17.1 Å². The van der Waals surface area contributed by atoms with Crippen LogP contribution in [0.2, 0.25) is 5.02 Å². The Hall–Kier alpha value is -3.93. The summed E-state index contributed by atoms with van der Waals surface area (Å²) in [6.07, 6.45) is 0. The molecule has 3 aromatic carbocycles. The van der Waals surface area contributed by atoms with Crippen molar-refractivity contribution in [3.05, 3.63) is 83.1 Å². The number of benzene rings is 3. The van der Waals surface area contributed by atoms with Crippen LogP contribution in [0.4, 0.5) is 20.7 Å². The number of nitriles is 1. The van der Waals surface area contributed by atoms with Crippen LogP contribution in [0.3, 0.4) is 0 Å². The number of hydrogen-bond acceptors (Lipinski definition) is 5. The Kier molecular flexibility index (Phi) is 7.77. The van der Waals surface area contributed by atoms with E-state index in [1.165, 1.54) is 18.2 Å². The molecule has 188 valence electrons. The number of halogens is 3. The highest BCUT2D eigenvalue weighted by Gasteiger charge is 2.29. The van der Waals surface area contributed by atoms with Gasteiger partial charge in [0.15, 0.2) is 5.82 Å². The molecule has 0 aliphatic carbocycles. The smallest absolute Gasteiger partial charge is 0.321 e. The molecule has 4 aromatic rings. The molecule has 1 aromatic heterocycles. The first-order chi connectivity index (χ1) is 17.4. The third-order valence-corrected chi connectivity index (χ3v) is 6.60. The highest BCUT2D eigenvalue weighted by Crippen LogP contribution is 2.33. The number of urea groups is 1. The molecule has 0 bridgehead atoms. The lowest BCUT2D eigenvalue weighted by Gasteiger charge is -2.40. The SMILES string of the molecule is C[C@H]1CN(C(=O)Nc2ccc(F)c(Cl)c2)CCN1c1nnc(-c2ccc(C#N)cc2)c2ccccc12.Cl. The lowest BCUT2D eigenvalue weighted by Crippen LogP contribution is -2.55. The van der Waals surface area contributed by atoms with E-state index in [9.17, 15) is 9.18 Å². The molecule has 0 spiro atoms. The molecule has 2 heterocycles. The van der Waals surface area contributed by atoms with Gasteiger partial charge in [0.2, 0.25) is 0 Å². The molecule has 37 heavy (non-hydrogen) atoms. The van der Waals surface area contributed by atoms with Crippen LogP contribution in [-0.2, 0) is 0 Å². The van der Waals surface area contributed by atoms with Gasteiger partial charge in [-0.3, -0.25) is 0 Å². The third kappa shape index (κ3) is 5.29. The van der Waals surface area contributed by atoms with Crippen LogP contribution in [0.15, 0.2) is 66.7 Å². The number of aromatic nitrogens is 2. The molecule has 2 amide bonds. The molecule has 1 aliphatic rings. The molecule has 0 unspecified atom stereocenters. The first-order valence-corrected chi connectivity index (χ1v) is 11.9.